The van der Waals surface area contributed by atoms with Gasteiger partial charge in [-0.3, -0.25) is 0 Å². The molecule has 0 radical (unpaired) electrons. The maximum atomic E-state index is 5.35. The quantitative estimate of drug-likeness (QED) is 0.159. The highest BCUT2D eigenvalue weighted by molar-refractivity contribution is 6.17. The Hall–Kier alpha value is -7.44. The van der Waals surface area contributed by atoms with Gasteiger partial charge in [-0.1, -0.05) is 107 Å². The van der Waals surface area contributed by atoms with Crippen LogP contribution in [0.5, 0.6) is 0 Å². The molecule has 12 bridgehead atoms. The summed E-state index contributed by atoms with van der Waals surface area (Å²) in [5, 5.41) is 4.71. The van der Waals surface area contributed by atoms with Crippen LogP contribution < -0.4 is 0 Å². The first-order valence-electron chi connectivity index (χ1n) is 24.7. The summed E-state index contributed by atoms with van der Waals surface area (Å²) >= 11 is 0. The summed E-state index contributed by atoms with van der Waals surface area (Å²) in [5.41, 5.74) is 20.1. The minimum absolute atomic E-state index is 0.108. The van der Waals surface area contributed by atoms with Gasteiger partial charge in [0.15, 0.2) is 0 Å². The molecule has 11 rings (SSSR count). The highest BCUT2D eigenvalue weighted by Crippen LogP contribution is 2.44. The van der Waals surface area contributed by atoms with Crippen molar-refractivity contribution in [1.29, 1.82) is 0 Å². The molecule has 1 aliphatic rings. The Morgan fingerprint density at radius 3 is 0.700 bits per heavy atom. The highest BCUT2D eigenvalue weighted by atomic mass is 14.8. The van der Waals surface area contributed by atoms with Gasteiger partial charge in [0.1, 0.15) is 0 Å². The molecule has 2 N–H and O–H groups in total. The van der Waals surface area contributed by atoms with Crippen molar-refractivity contribution in [1.82, 2.24) is 29.9 Å². The van der Waals surface area contributed by atoms with E-state index in [2.05, 4.69) is 239 Å². The first-order chi connectivity index (χ1) is 33.2. The van der Waals surface area contributed by atoms with Crippen molar-refractivity contribution in [3.63, 3.8) is 0 Å². The summed E-state index contributed by atoms with van der Waals surface area (Å²) in [5.74, 6) is 0. The van der Waals surface area contributed by atoms with Gasteiger partial charge in [-0.2, -0.15) is 0 Å². The van der Waals surface area contributed by atoms with E-state index in [1.807, 2.05) is 0 Å². The fourth-order valence-corrected chi connectivity index (χ4v) is 9.87. The van der Waals surface area contributed by atoms with E-state index in [1.165, 1.54) is 43.8 Å². The van der Waals surface area contributed by atoms with E-state index in [4.69, 9.17) is 19.9 Å². The zero-order valence-corrected chi connectivity index (χ0v) is 42.6. The molecule has 0 aliphatic carbocycles. The monoisotopic (exact) mass is 915 g/mol. The number of nitrogens with one attached hydrogen (secondary N) is 2. The molecule has 0 fully saturated rings. The molecular formula is C64H62N6. The third-order valence-electron chi connectivity index (χ3n) is 14.1. The van der Waals surface area contributed by atoms with Crippen LogP contribution in [-0.4, -0.2) is 29.9 Å². The van der Waals surface area contributed by atoms with Gasteiger partial charge in [0.25, 0.3) is 0 Å². The Balaban J connectivity index is 1.20. The summed E-state index contributed by atoms with van der Waals surface area (Å²) in [6.07, 6.45) is 8.34. The van der Waals surface area contributed by atoms with Crippen LogP contribution in [0.4, 0.5) is 0 Å². The molecule has 10 aromatic rings. The summed E-state index contributed by atoms with van der Waals surface area (Å²) in [4.78, 5) is 29.3. The number of hydrogen-bond donors (Lipinski definition) is 2. The molecule has 0 amide bonds. The van der Waals surface area contributed by atoms with Gasteiger partial charge >= 0.3 is 0 Å². The van der Waals surface area contributed by atoms with Crippen LogP contribution >= 0.6 is 0 Å². The Morgan fingerprint density at radius 1 is 0.286 bits per heavy atom. The average Bonchev–Trinajstić information content (AvgIpc) is 3.89. The molecular weight excluding hydrogens is 853 g/mol. The van der Waals surface area contributed by atoms with E-state index in [0.29, 0.717) is 0 Å². The molecule has 0 atom stereocenters. The number of benzene rings is 4. The van der Waals surface area contributed by atoms with Crippen LogP contribution in [0.3, 0.4) is 0 Å². The van der Waals surface area contributed by atoms with Gasteiger partial charge < -0.3 is 9.97 Å². The summed E-state index contributed by atoms with van der Waals surface area (Å²) in [7, 11) is 0. The standard InChI is InChI=1S/C64H62N6/c1-61(2,3)37-29-45-46-30-38(62(4,5)6)34-50-54-22-14-18-43(66-54)27-28-44-20-16-24-56(68-44)52-36-40(64(10,11)12)32-48-47-31-39(63(7,8)9)35-51(59(47)70-60(48)52)55-23-15-19-42(67-55)26-25-41-17-13-21-53(65-41)49(33-37)57(45)69-58(46)50/h13-36,69-70H,1-12H3. The van der Waals surface area contributed by atoms with Gasteiger partial charge in [0.05, 0.1) is 67.6 Å². The van der Waals surface area contributed by atoms with Crippen molar-refractivity contribution < 1.29 is 0 Å². The average molecular weight is 915 g/mol. The topological polar surface area (TPSA) is 83.1 Å². The lowest BCUT2D eigenvalue weighted by molar-refractivity contribution is 0.590. The molecule has 6 nitrogen and oxygen atoms in total. The smallest absolute Gasteiger partial charge is 0.0730 e. The minimum atomic E-state index is -0.108. The number of nitrogens with zero attached hydrogens (tertiary/aromatic N) is 4. The number of rotatable bonds is 0. The summed E-state index contributed by atoms with van der Waals surface area (Å²) in [6, 6.07) is 44.1. The molecule has 1 aliphatic heterocycles. The lowest BCUT2D eigenvalue weighted by Crippen LogP contribution is -2.11. The molecule has 4 aromatic carbocycles. The minimum Gasteiger partial charge on any atom is -0.353 e. The third-order valence-corrected chi connectivity index (χ3v) is 14.1. The molecule has 0 saturated heterocycles. The predicted molar refractivity (Wildman–Crippen MR) is 297 cm³/mol. The van der Waals surface area contributed by atoms with Gasteiger partial charge in [-0.15, -0.1) is 0 Å². The number of pyridine rings is 4. The SMILES string of the molecule is CC(C)(C)c1cc2c3[nH]c4c(cc(C(C)(C)C)cc4c3c1)-c1cccc(n1)C=Cc1cccc(n1)-c1cc(C(C)(C)C)cc3c1[nH]c1c(cc(C(C)(C)C)cc13)-c1cccc(n1)C=Cc1cccc-2n1. The Kier molecular flexibility index (Phi) is 10.3. The normalized spacial score (nSPS) is 13.3. The van der Waals surface area contributed by atoms with Crippen LogP contribution in [0.15, 0.2) is 121 Å². The second-order valence-corrected chi connectivity index (χ2v) is 23.5. The summed E-state index contributed by atoms with van der Waals surface area (Å²) in [6.45, 7) is 27.4. The fourth-order valence-electron chi connectivity index (χ4n) is 9.87. The van der Waals surface area contributed by atoms with Crippen molar-refractivity contribution in [3.8, 4) is 45.0 Å². The van der Waals surface area contributed by atoms with E-state index >= 15 is 0 Å². The van der Waals surface area contributed by atoms with E-state index < -0.39 is 0 Å². The van der Waals surface area contributed by atoms with Crippen LogP contribution in [0.1, 0.15) is 128 Å². The molecule has 6 heteroatoms. The Bertz CT molecular complexity index is 3310. The largest absolute Gasteiger partial charge is 0.353 e. The van der Waals surface area contributed by atoms with Crippen molar-refractivity contribution in [2.75, 3.05) is 0 Å². The van der Waals surface area contributed by atoms with Crippen molar-refractivity contribution in [3.05, 3.63) is 166 Å². The third kappa shape index (κ3) is 8.13. The molecule has 0 unspecified atom stereocenters. The Labute approximate surface area is 412 Å². The Morgan fingerprint density at radius 2 is 0.500 bits per heavy atom. The number of aromatic nitrogens is 6. The maximum absolute atomic E-state index is 5.35. The zero-order chi connectivity index (χ0) is 49.1. The van der Waals surface area contributed by atoms with Gasteiger partial charge in [-0.05, 0) is 165 Å². The molecule has 70 heavy (non-hydrogen) atoms. The number of aromatic amines is 2. The summed E-state index contributed by atoms with van der Waals surface area (Å²) < 4.78 is 0. The first-order valence-corrected chi connectivity index (χ1v) is 24.7. The van der Waals surface area contributed by atoms with E-state index in [1.54, 1.807) is 0 Å². The van der Waals surface area contributed by atoms with Gasteiger partial charge in [-0.25, -0.2) is 19.9 Å². The van der Waals surface area contributed by atoms with E-state index in [0.717, 1.165) is 89.9 Å². The van der Waals surface area contributed by atoms with Gasteiger partial charge in [0, 0.05) is 43.8 Å². The van der Waals surface area contributed by atoms with Gasteiger partial charge in [0.2, 0.25) is 0 Å². The van der Waals surface area contributed by atoms with Crippen molar-refractivity contribution in [2.45, 2.75) is 105 Å². The van der Waals surface area contributed by atoms with Crippen LogP contribution in [-0.2, 0) is 21.7 Å². The van der Waals surface area contributed by atoms with Crippen LogP contribution in [0, 0.1) is 0 Å². The maximum Gasteiger partial charge on any atom is 0.0730 e. The second-order valence-electron chi connectivity index (χ2n) is 23.5. The molecule has 6 aromatic heterocycles. The lowest BCUT2D eigenvalue weighted by atomic mass is 9.83. The van der Waals surface area contributed by atoms with Crippen molar-refractivity contribution in [2.24, 2.45) is 0 Å². The lowest BCUT2D eigenvalue weighted by Gasteiger charge is -2.21. The fraction of sp³-hybridized carbons (Fsp3) is 0.250. The van der Waals surface area contributed by atoms with Crippen LogP contribution in [0.25, 0.3) is 113 Å². The molecule has 0 saturated carbocycles. The van der Waals surface area contributed by atoms with E-state index in [-0.39, 0.29) is 21.7 Å². The number of hydrogen-bond acceptors (Lipinski definition) is 4. The number of H-pyrrole nitrogens is 2. The zero-order valence-electron chi connectivity index (χ0n) is 42.6. The number of fused-ring (bicyclic) bond motifs is 14. The van der Waals surface area contributed by atoms with Crippen LogP contribution in [0.2, 0.25) is 0 Å². The molecule has 348 valence electrons. The first kappa shape index (κ1) is 45.0. The molecule has 0 spiro atoms. The predicted octanol–water partition coefficient (Wildman–Crippen LogP) is 17.0. The molecule has 7 heterocycles. The van der Waals surface area contributed by atoms with Crippen molar-refractivity contribution >= 4 is 67.9 Å². The second kappa shape index (κ2) is 16.1. The van der Waals surface area contributed by atoms with E-state index in [9.17, 15) is 0 Å². The highest BCUT2D eigenvalue weighted by Gasteiger charge is 2.26.